The standard InChI is InChI=1S/C29H28FN5O2S/c1-34-27(32-33-29(34)38-19-22-10-5-6-11-24(22)30)25(18-20-8-3-2-4-9-20)31-28(37)21-13-15-23(16-14-21)35-17-7-12-26(35)36/h2-6,8-11,13-16,25H,7,12,17-19H2,1H3,(H,31,37)/t25-/m0/s1. The molecule has 1 aliphatic heterocycles. The molecule has 2 heterocycles. The molecule has 194 valence electrons. The first kappa shape index (κ1) is 25.7. The Labute approximate surface area is 225 Å². The highest BCUT2D eigenvalue weighted by atomic mass is 32.2. The summed E-state index contributed by atoms with van der Waals surface area (Å²) in [6, 6.07) is 23.2. The number of carbonyl (C=O) groups is 2. The molecular formula is C29H28FN5O2S. The Balaban J connectivity index is 1.34. The third-order valence-electron chi connectivity index (χ3n) is 6.60. The molecule has 1 N–H and O–H groups in total. The van der Waals surface area contributed by atoms with Gasteiger partial charge in [0.2, 0.25) is 5.91 Å². The van der Waals surface area contributed by atoms with Crippen molar-refractivity contribution in [2.24, 2.45) is 7.05 Å². The van der Waals surface area contributed by atoms with E-state index in [-0.39, 0.29) is 17.6 Å². The van der Waals surface area contributed by atoms with Crippen LogP contribution in [0, 0.1) is 5.82 Å². The van der Waals surface area contributed by atoms with Gasteiger partial charge in [0.05, 0.1) is 6.04 Å². The van der Waals surface area contributed by atoms with Crippen molar-refractivity contribution >= 4 is 29.3 Å². The largest absolute Gasteiger partial charge is 0.342 e. The minimum Gasteiger partial charge on any atom is -0.342 e. The summed E-state index contributed by atoms with van der Waals surface area (Å²) in [5, 5.41) is 12.5. The van der Waals surface area contributed by atoms with Crippen molar-refractivity contribution in [1.29, 1.82) is 0 Å². The molecule has 0 spiro atoms. The maximum Gasteiger partial charge on any atom is 0.251 e. The minimum atomic E-state index is -0.440. The highest BCUT2D eigenvalue weighted by Gasteiger charge is 2.24. The fourth-order valence-corrected chi connectivity index (χ4v) is 5.43. The van der Waals surface area contributed by atoms with Gasteiger partial charge in [0.15, 0.2) is 11.0 Å². The zero-order valence-electron chi connectivity index (χ0n) is 21.0. The summed E-state index contributed by atoms with van der Waals surface area (Å²) in [6.07, 6.45) is 1.93. The number of rotatable bonds is 9. The maximum atomic E-state index is 14.1. The third kappa shape index (κ3) is 5.78. The molecule has 0 unspecified atom stereocenters. The molecule has 1 saturated heterocycles. The Morgan fingerprint density at radius 2 is 1.76 bits per heavy atom. The summed E-state index contributed by atoms with van der Waals surface area (Å²) in [4.78, 5) is 27.1. The van der Waals surface area contributed by atoms with E-state index in [9.17, 15) is 14.0 Å². The molecule has 38 heavy (non-hydrogen) atoms. The first-order valence-corrected chi connectivity index (χ1v) is 13.5. The second kappa shape index (κ2) is 11.6. The van der Waals surface area contributed by atoms with Crippen LogP contribution in [0.4, 0.5) is 10.1 Å². The molecule has 0 saturated carbocycles. The summed E-state index contributed by atoms with van der Waals surface area (Å²) in [7, 11) is 1.85. The van der Waals surface area contributed by atoms with E-state index in [0.717, 1.165) is 17.7 Å². The second-order valence-corrected chi connectivity index (χ2v) is 10.1. The number of nitrogens with zero attached hydrogens (tertiary/aromatic N) is 4. The Bertz CT molecular complexity index is 1420. The van der Waals surface area contributed by atoms with Crippen molar-refractivity contribution in [2.75, 3.05) is 11.4 Å². The Morgan fingerprint density at radius 1 is 1.03 bits per heavy atom. The summed E-state index contributed by atoms with van der Waals surface area (Å²) in [5.74, 6) is 0.638. The lowest BCUT2D eigenvalue weighted by atomic mass is 10.0. The van der Waals surface area contributed by atoms with Gasteiger partial charge in [-0.25, -0.2) is 4.39 Å². The number of halogens is 1. The number of amides is 2. The number of hydrogen-bond acceptors (Lipinski definition) is 5. The molecule has 0 bridgehead atoms. The number of nitrogens with one attached hydrogen (secondary N) is 1. The van der Waals surface area contributed by atoms with Gasteiger partial charge in [-0.15, -0.1) is 10.2 Å². The first-order chi connectivity index (χ1) is 18.5. The minimum absolute atomic E-state index is 0.107. The predicted molar refractivity (Wildman–Crippen MR) is 145 cm³/mol. The van der Waals surface area contributed by atoms with Crippen LogP contribution in [0.5, 0.6) is 0 Å². The monoisotopic (exact) mass is 529 g/mol. The zero-order chi connectivity index (χ0) is 26.5. The number of carbonyl (C=O) groups excluding carboxylic acids is 2. The molecule has 1 fully saturated rings. The Hall–Kier alpha value is -3.98. The normalized spacial score (nSPS) is 14.1. The Morgan fingerprint density at radius 3 is 2.47 bits per heavy atom. The van der Waals surface area contributed by atoms with Crippen LogP contribution in [-0.4, -0.2) is 33.1 Å². The summed E-state index contributed by atoms with van der Waals surface area (Å²) in [5.41, 5.74) is 2.93. The number of hydrogen-bond donors (Lipinski definition) is 1. The number of thioether (sulfide) groups is 1. The topological polar surface area (TPSA) is 80.1 Å². The van der Waals surface area contributed by atoms with E-state index in [1.807, 2.05) is 60.1 Å². The highest BCUT2D eigenvalue weighted by Crippen LogP contribution is 2.26. The fraction of sp³-hybridized carbons (Fsp3) is 0.241. The van der Waals surface area contributed by atoms with Gasteiger partial charge in [0.25, 0.3) is 5.91 Å². The van der Waals surface area contributed by atoms with Gasteiger partial charge >= 0.3 is 0 Å². The smallest absolute Gasteiger partial charge is 0.251 e. The molecule has 5 rings (SSSR count). The molecule has 2 amide bonds. The third-order valence-corrected chi connectivity index (χ3v) is 7.67. The molecular weight excluding hydrogens is 501 g/mol. The lowest BCUT2D eigenvalue weighted by Gasteiger charge is -2.19. The predicted octanol–water partition coefficient (Wildman–Crippen LogP) is 5.09. The van der Waals surface area contributed by atoms with Gasteiger partial charge in [-0.1, -0.05) is 60.3 Å². The molecule has 1 aliphatic rings. The molecule has 4 aromatic rings. The van der Waals surface area contributed by atoms with E-state index in [2.05, 4.69) is 15.5 Å². The van der Waals surface area contributed by atoms with Crippen LogP contribution in [0.25, 0.3) is 0 Å². The van der Waals surface area contributed by atoms with E-state index in [1.54, 1.807) is 29.2 Å². The van der Waals surface area contributed by atoms with Gasteiger partial charge < -0.3 is 14.8 Å². The van der Waals surface area contributed by atoms with Crippen molar-refractivity contribution in [3.63, 3.8) is 0 Å². The first-order valence-electron chi connectivity index (χ1n) is 12.5. The summed E-state index contributed by atoms with van der Waals surface area (Å²) >= 11 is 1.39. The van der Waals surface area contributed by atoms with E-state index < -0.39 is 6.04 Å². The van der Waals surface area contributed by atoms with Crippen molar-refractivity contribution in [1.82, 2.24) is 20.1 Å². The highest BCUT2D eigenvalue weighted by molar-refractivity contribution is 7.98. The average molecular weight is 530 g/mol. The van der Waals surface area contributed by atoms with Gasteiger partial charge in [-0.3, -0.25) is 9.59 Å². The molecule has 1 atom stereocenters. The molecule has 3 aromatic carbocycles. The number of benzene rings is 3. The second-order valence-electron chi connectivity index (χ2n) is 9.19. The van der Waals surface area contributed by atoms with Crippen LogP contribution >= 0.6 is 11.8 Å². The fourth-order valence-electron chi connectivity index (χ4n) is 4.53. The average Bonchev–Trinajstić information content (AvgIpc) is 3.53. The van der Waals surface area contributed by atoms with E-state index >= 15 is 0 Å². The van der Waals surface area contributed by atoms with Crippen LogP contribution in [0.2, 0.25) is 0 Å². The quantitative estimate of drug-likeness (QED) is 0.306. The van der Waals surface area contributed by atoms with Crippen LogP contribution in [0.3, 0.4) is 0 Å². The SMILES string of the molecule is Cn1c(SCc2ccccc2F)nnc1[C@H](Cc1ccccc1)NC(=O)c1ccc(N2CCCC2=O)cc1. The van der Waals surface area contributed by atoms with E-state index in [4.69, 9.17) is 0 Å². The van der Waals surface area contributed by atoms with Crippen LogP contribution in [-0.2, 0) is 24.0 Å². The van der Waals surface area contributed by atoms with E-state index in [1.165, 1.54) is 17.8 Å². The van der Waals surface area contributed by atoms with Crippen molar-refractivity contribution in [2.45, 2.75) is 36.2 Å². The lowest BCUT2D eigenvalue weighted by Crippen LogP contribution is -2.32. The van der Waals surface area contributed by atoms with Crippen LogP contribution < -0.4 is 10.2 Å². The Kier molecular flexibility index (Phi) is 7.83. The zero-order valence-corrected chi connectivity index (χ0v) is 21.8. The van der Waals surface area contributed by atoms with Crippen LogP contribution in [0.15, 0.2) is 84.0 Å². The van der Waals surface area contributed by atoms with Gasteiger partial charge in [0, 0.05) is 37.0 Å². The van der Waals surface area contributed by atoms with Gasteiger partial charge in [0.1, 0.15) is 5.82 Å². The number of aromatic nitrogens is 3. The molecule has 0 aliphatic carbocycles. The van der Waals surface area contributed by atoms with Crippen LogP contribution in [0.1, 0.15) is 46.2 Å². The molecule has 1 aromatic heterocycles. The van der Waals surface area contributed by atoms with E-state index in [0.29, 0.717) is 47.2 Å². The molecule has 7 nitrogen and oxygen atoms in total. The molecule has 9 heteroatoms. The summed E-state index contributed by atoms with van der Waals surface area (Å²) < 4.78 is 15.9. The van der Waals surface area contributed by atoms with Crippen molar-refractivity contribution < 1.29 is 14.0 Å². The summed E-state index contributed by atoms with van der Waals surface area (Å²) in [6.45, 7) is 0.701. The van der Waals surface area contributed by atoms with Crippen molar-refractivity contribution in [3.8, 4) is 0 Å². The number of anilines is 1. The lowest BCUT2D eigenvalue weighted by molar-refractivity contribution is -0.117. The van der Waals surface area contributed by atoms with Gasteiger partial charge in [-0.05, 0) is 54.3 Å². The van der Waals surface area contributed by atoms with Gasteiger partial charge in [-0.2, -0.15) is 0 Å². The maximum absolute atomic E-state index is 14.1. The van der Waals surface area contributed by atoms with Crippen molar-refractivity contribution in [3.05, 3.63) is 107 Å². The molecule has 0 radical (unpaired) electrons.